The lowest BCUT2D eigenvalue weighted by atomic mass is 9.82. The van der Waals surface area contributed by atoms with Crippen LogP contribution in [0.4, 0.5) is 0 Å². The van der Waals surface area contributed by atoms with E-state index in [9.17, 15) is 5.11 Å². The van der Waals surface area contributed by atoms with Gasteiger partial charge < -0.3 is 5.11 Å². The molecular weight excluding hydrogens is 160 g/mol. The molecule has 2 aliphatic carbocycles. The van der Waals surface area contributed by atoms with Crippen molar-refractivity contribution in [2.24, 2.45) is 17.8 Å². The fourth-order valence-corrected chi connectivity index (χ4v) is 3.11. The van der Waals surface area contributed by atoms with Crippen LogP contribution in [0, 0.1) is 17.8 Å². The molecule has 2 saturated carbocycles. The highest BCUT2D eigenvalue weighted by Gasteiger charge is 2.44. The Morgan fingerprint density at radius 3 is 2.77 bits per heavy atom. The van der Waals surface area contributed by atoms with Gasteiger partial charge in [-0.15, -0.1) is 6.58 Å². The third kappa shape index (κ3) is 1.35. The molecule has 0 amide bonds. The molecule has 4 unspecified atom stereocenters. The molecule has 2 rings (SSSR count). The van der Waals surface area contributed by atoms with Gasteiger partial charge in [-0.2, -0.15) is 0 Å². The molecule has 0 aromatic heterocycles. The van der Waals surface area contributed by atoms with Crippen LogP contribution in [0.1, 0.15) is 26.2 Å². The van der Waals surface area contributed by atoms with E-state index in [0.29, 0.717) is 5.92 Å². The Labute approximate surface area is 80.2 Å². The van der Waals surface area contributed by atoms with E-state index in [1.165, 1.54) is 19.3 Å². The summed E-state index contributed by atoms with van der Waals surface area (Å²) in [6, 6.07) is 0. The first-order valence-electron chi connectivity index (χ1n) is 5.22. The van der Waals surface area contributed by atoms with Crippen molar-refractivity contribution >= 4 is 0 Å². The summed E-state index contributed by atoms with van der Waals surface area (Å²) in [4.78, 5) is 0. The van der Waals surface area contributed by atoms with Gasteiger partial charge in [0.25, 0.3) is 0 Å². The first-order valence-corrected chi connectivity index (χ1v) is 5.22. The zero-order chi connectivity index (χ0) is 9.42. The minimum absolute atomic E-state index is 0.270. The summed E-state index contributed by atoms with van der Waals surface area (Å²) in [7, 11) is 0. The van der Waals surface area contributed by atoms with Gasteiger partial charge in [0, 0.05) is 0 Å². The van der Waals surface area contributed by atoms with Crippen LogP contribution < -0.4 is 0 Å². The van der Waals surface area contributed by atoms with Crippen LogP contribution in [0.5, 0.6) is 0 Å². The molecule has 1 heteroatoms. The maximum absolute atomic E-state index is 9.70. The molecule has 0 aliphatic heterocycles. The molecule has 2 fully saturated rings. The lowest BCUT2D eigenvalue weighted by Gasteiger charge is -2.26. The van der Waals surface area contributed by atoms with Crippen LogP contribution in [0.3, 0.4) is 0 Å². The Bertz CT molecular complexity index is 242. The highest BCUT2D eigenvalue weighted by Crippen LogP contribution is 2.52. The van der Waals surface area contributed by atoms with Crippen LogP contribution in [0.25, 0.3) is 0 Å². The van der Waals surface area contributed by atoms with Crippen molar-refractivity contribution in [1.82, 2.24) is 0 Å². The van der Waals surface area contributed by atoms with E-state index in [4.69, 9.17) is 0 Å². The van der Waals surface area contributed by atoms with E-state index in [1.807, 2.05) is 0 Å². The smallest absolute Gasteiger partial charge is 0.0749 e. The lowest BCUT2D eigenvalue weighted by Crippen LogP contribution is -2.24. The Kier molecular flexibility index (Phi) is 2.29. The van der Waals surface area contributed by atoms with Crippen LogP contribution in [0.2, 0.25) is 0 Å². The molecule has 0 spiro atoms. The van der Waals surface area contributed by atoms with Crippen molar-refractivity contribution in [1.29, 1.82) is 0 Å². The zero-order valence-electron chi connectivity index (χ0n) is 8.24. The van der Waals surface area contributed by atoms with E-state index < -0.39 is 0 Å². The van der Waals surface area contributed by atoms with Gasteiger partial charge in [0.15, 0.2) is 0 Å². The minimum Gasteiger partial charge on any atom is -0.389 e. The van der Waals surface area contributed by atoms with Crippen molar-refractivity contribution in [3.05, 3.63) is 24.3 Å². The van der Waals surface area contributed by atoms with Gasteiger partial charge in [-0.05, 0) is 43.9 Å². The topological polar surface area (TPSA) is 20.2 Å². The second kappa shape index (κ2) is 3.30. The average Bonchev–Trinajstić information content (AvgIpc) is 2.74. The van der Waals surface area contributed by atoms with E-state index in [-0.39, 0.29) is 6.10 Å². The number of rotatable bonds is 2. The van der Waals surface area contributed by atoms with Gasteiger partial charge in [-0.1, -0.05) is 17.7 Å². The molecule has 0 radical (unpaired) electrons. The van der Waals surface area contributed by atoms with Gasteiger partial charge in [0.05, 0.1) is 6.10 Å². The summed E-state index contributed by atoms with van der Waals surface area (Å²) < 4.78 is 0. The largest absolute Gasteiger partial charge is 0.389 e. The quantitative estimate of drug-likeness (QED) is 0.644. The lowest BCUT2D eigenvalue weighted by molar-refractivity contribution is 0.121. The molecule has 13 heavy (non-hydrogen) atoms. The molecule has 2 aliphatic rings. The average molecular weight is 178 g/mol. The van der Waals surface area contributed by atoms with Gasteiger partial charge >= 0.3 is 0 Å². The Balaban J connectivity index is 2.07. The number of hydrogen-bond acceptors (Lipinski definition) is 1. The first-order chi connectivity index (χ1) is 6.26. The Hall–Kier alpha value is -0.560. The molecular formula is C12H18O. The molecule has 1 N–H and O–H groups in total. The number of allylic oxidation sites excluding steroid dienone is 2. The van der Waals surface area contributed by atoms with Crippen LogP contribution >= 0.6 is 0 Å². The number of fused-ring (bicyclic) bond motifs is 2. The van der Waals surface area contributed by atoms with Gasteiger partial charge in [-0.25, -0.2) is 0 Å². The molecule has 0 heterocycles. The second-order valence-corrected chi connectivity index (χ2v) is 4.39. The third-order valence-electron chi connectivity index (χ3n) is 3.82. The SMILES string of the molecule is C=CC(O)C1CC2CC1CC2=CC. The summed E-state index contributed by atoms with van der Waals surface area (Å²) in [5.41, 5.74) is 1.62. The highest BCUT2D eigenvalue weighted by atomic mass is 16.3. The number of aliphatic hydroxyl groups is 1. The summed E-state index contributed by atoms with van der Waals surface area (Å²) >= 11 is 0. The van der Waals surface area contributed by atoms with E-state index in [1.54, 1.807) is 11.6 Å². The van der Waals surface area contributed by atoms with E-state index in [2.05, 4.69) is 19.6 Å². The van der Waals surface area contributed by atoms with E-state index >= 15 is 0 Å². The van der Waals surface area contributed by atoms with Crippen molar-refractivity contribution in [3.8, 4) is 0 Å². The van der Waals surface area contributed by atoms with Crippen LogP contribution in [-0.2, 0) is 0 Å². The van der Waals surface area contributed by atoms with Crippen molar-refractivity contribution in [2.75, 3.05) is 0 Å². The summed E-state index contributed by atoms with van der Waals surface area (Å²) in [6.45, 7) is 5.80. The minimum atomic E-state index is -0.270. The number of hydrogen-bond donors (Lipinski definition) is 1. The maximum Gasteiger partial charge on any atom is 0.0749 e. The normalized spacial score (nSPS) is 42.6. The summed E-state index contributed by atoms with van der Waals surface area (Å²) in [5, 5.41) is 9.70. The second-order valence-electron chi connectivity index (χ2n) is 4.39. The van der Waals surface area contributed by atoms with Crippen molar-refractivity contribution < 1.29 is 5.11 Å². The first kappa shape index (κ1) is 9.01. The third-order valence-corrected chi connectivity index (χ3v) is 3.82. The maximum atomic E-state index is 9.70. The summed E-state index contributed by atoms with van der Waals surface area (Å²) in [5.74, 6) is 1.99. The van der Waals surface area contributed by atoms with E-state index in [0.717, 1.165) is 11.8 Å². The van der Waals surface area contributed by atoms with Crippen LogP contribution in [-0.4, -0.2) is 11.2 Å². The summed E-state index contributed by atoms with van der Waals surface area (Å²) in [6.07, 6.45) is 7.39. The van der Waals surface area contributed by atoms with Gasteiger partial charge in [-0.3, -0.25) is 0 Å². The molecule has 0 aromatic rings. The predicted octanol–water partition coefficient (Wildman–Crippen LogP) is 2.53. The molecule has 4 atom stereocenters. The molecule has 1 nitrogen and oxygen atoms in total. The molecule has 72 valence electrons. The van der Waals surface area contributed by atoms with Gasteiger partial charge in [0.1, 0.15) is 0 Å². The molecule has 2 bridgehead atoms. The predicted molar refractivity (Wildman–Crippen MR) is 54.3 cm³/mol. The van der Waals surface area contributed by atoms with Crippen LogP contribution in [0.15, 0.2) is 24.3 Å². The monoisotopic (exact) mass is 178 g/mol. The van der Waals surface area contributed by atoms with Crippen molar-refractivity contribution in [2.45, 2.75) is 32.3 Å². The molecule has 0 aromatic carbocycles. The molecule has 0 saturated heterocycles. The standard InChI is InChI=1S/C12H18O/c1-3-8-5-10-6-9(8)7-11(10)12(13)4-2/h3-4,9-13H,2,5-7H2,1H3. The zero-order valence-corrected chi connectivity index (χ0v) is 8.24. The fourth-order valence-electron chi connectivity index (χ4n) is 3.11. The Morgan fingerprint density at radius 1 is 1.54 bits per heavy atom. The fraction of sp³-hybridized carbons (Fsp3) is 0.667. The Morgan fingerprint density at radius 2 is 2.31 bits per heavy atom. The van der Waals surface area contributed by atoms with Crippen molar-refractivity contribution in [3.63, 3.8) is 0 Å². The van der Waals surface area contributed by atoms with Gasteiger partial charge in [0.2, 0.25) is 0 Å². The number of aliphatic hydroxyl groups excluding tert-OH is 1. The highest BCUT2D eigenvalue weighted by molar-refractivity contribution is 5.18.